The molecule has 0 aliphatic rings. The molecule has 0 aromatic heterocycles. The van der Waals surface area contributed by atoms with E-state index in [2.05, 4.69) is 15.9 Å². The van der Waals surface area contributed by atoms with E-state index in [1.807, 2.05) is 0 Å². The van der Waals surface area contributed by atoms with Gasteiger partial charge in [-0.2, -0.15) is 0 Å². The summed E-state index contributed by atoms with van der Waals surface area (Å²) in [6.07, 6.45) is 0. The minimum absolute atomic E-state index is 0.00694. The zero-order valence-electron chi connectivity index (χ0n) is 9.13. The molecule has 0 saturated heterocycles. The second-order valence-corrected chi connectivity index (χ2v) is 4.76. The fourth-order valence-electron chi connectivity index (χ4n) is 1.69. The van der Waals surface area contributed by atoms with E-state index in [1.165, 1.54) is 12.1 Å². The molecule has 94 valence electrons. The first-order valence-electron chi connectivity index (χ1n) is 5.14. The van der Waals surface area contributed by atoms with Crippen molar-refractivity contribution in [2.24, 2.45) is 5.73 Å². The van der Waals surface area contributed by atoms with Gasteiger partial charge in [0, 0.05) is 10.0 Å². The summed E-state index contributed by atoms with van der Waals surface area (Å²) in [4.78, 5) is 0. The van der Waals surface area contributed by atoms with E-state index < -0.39 is 23.5 Å². The molecule has 2 aromatic carbocycles. The van der Waals surface area contributed by atoms with Crippen molar-refractivity contribution in [3.63, 3.8) is 0 Å². The van der Waals surface area contributed by atoms with E-state index in [0.717, 1.165) is 18.2 Å². The van der Waals surface area contributed by atoms with Crippen molar-refractivity contribution in [3.05, 3.63) is 69.4 Å². The second kappa shape index (κ2) is 5.12. The Balaban J connectivity index is 2.47. The van der Waals surface area contributed by atoms with Crippen LogP contribution in [0.4, 0.5) is 13.2 Å². The smallest absolute Gasteiger partial charge is 0.128 e. The predicted octanol–water partition coefficient (Wildman–Crippen LogP) is 3.91. The third kappa shape index (κ3) is 2.73. The van der Waals surface area contributed by atoms with E-state index in [-0.39, 0.29) is 5.56 Å². The Bertz CT molecular complexity index is 566. The quantitative estimate of drug-likeness (QED) is 0.893. The molecule has 2 N–H and O–H groups in total. The zero-order chi connectivity index (χ0) is 13.3. The predicted molar refractivity (Wildman–Crippen MR) is 66.5 cm³/mol. The molecule has 0 bridgehead atoms. The van der Waals surface area contributed by atoms with Crippen LogP contribution in [-0.4, -0.2) is 0 Å². The van der Waals surface area contributed by atoms with Gasteiger partial charge in [-0.25, -0.2) is 13.2 Å². The third-order valence-corrected chi connectivity index (χ3v) is 2.99. The molecule has 0 aliphatic carbocycles. The van der Waals surface area contributed by atoms with Crippen LogP contribution in [0.5, 0.6) is 0 Å². The molecule has 1 atom stereocenters. The molecule has 0 heterocycles. The van der Waals surface area contributed by atoms with Crippen molar-refractivity contribution < 1.29 is 13.2 Å². The average Bonchev–Trinajstić information content (AvgIpc) is 2.30. The van der Waals surface area contributed by atoms with Crippen molar-refractivity contribution in [1.82, 2.24) is 0 Å². The van der Waals surface area contributed by atoms with Crippen LogP contribution in [0.1, 0.15) is 17.2 Å². The normalized spacial score (nSPS) is 12.5. The van der Waals surface area contributed by atoms with Gasteiger partial charge in [-0.15, -0.1) is 0 Å². The van der Waals surface area contributed by atoms with Gasteiger partial charge in [0.25, 0.3) is 0 Å². The third-order valence-electron chi connectivity index (χ3n) is 2.54. The summed E-state index contributed by atoms with van der Waals surface area (Å²) in [6.45, 7) is 0. The maximum absolute atomic E-state index is 13.6. The van der Waals surface area contributed by atoms with Crippen molar-refractivity contribution >= 4 is 15.9 Å². The second-order valence-electron chi connectivity index (χ2n) is 3.85. The maximum Gasteiger partial charge on any atom is 0.128 e. The highest BCUT2D eigenvalue weighted by Gasteiger charge is 2.15. The largest absolute Gasteiger partial charge is 0.320 e. The lowest BCUT2D eigenvalue weighted by Crippen LogP contribution is -2.14. The lowest BCUT2D eigenvalue weighted by Gasteiger charge is -2.14. The number of hydrogen-bond donors (Lipinski definition) is 1. The Hall–Kier alpha value is -1.33. The molecule has 18 heavy (non-hydrogen) atoms. The summed E-state index contributed by atoms with van der Waals surface area (Å²) >= 11 is 3.12. The average molecular weight is 316 g/mol. The van der Waals surface area contributed by atoms with Crippen LogP contribution in [0.25, 0.3) is 0 Å². The first kappa shape index (κ1) is 13.1. The fourth-order valence-corrected chi connectivity index (χ4v) is 2.17. The highest BCUT2D eigenvalue weighted by Crippen LogP contribution is 2.26. The van der Waals surface area contributed by atoms with Crippen molar-refractivity contribution in [2.45, 2.75) is 6.04 Å². The van der Waals surface area contributed by atoms with Gasteiger partial charge in [0.15, 0.2) is 0 Å². The van der Waals surface area contributed by atoms with Crippen LogP contribution in [0.15, 0.2) is 40.9 Å². The number of rotatable bonds is 2. The molecule has 0 saturated carbocycles. The number of nitrogens with two attached hydrogens (primary N) is 1. The first-order chi connectivity index (χ1) is 8.47. The molecular formula is C13H9BrF3N. The van der Waals surface area contributed by atoms with Crippen LogP contribution in [0.3, 0.4) is 0 Å². The molecule has 5 heteroatoms. The van der Waals surface area contributed by atoms with Gasteiger partial charge in [0.2, 0.25) is 0 Å². The van der Waals surface area contributed by atoms with Crippen LogP contribution < -0.4 is 5.73 Å². The number of halogens is 4. The Morgan fingerprint density at radius 3 is 2.33 bits per heavy atom. The zero-order valence-corrected chi connectivity index (χ0v) is 10.7. The summed E-state index contributed by atoms with van der Waals surface area (Å²) in [5.41, 5.74) is 6.19. The van der Waals surface area contributed by atoms with Gasteiger partial charge >= 0.3 is 0 Å². The molecule has 1 unspecified atom stereocenters. The van der Waals surface area contributed by atoms with Gasteiger partial charge in [-0.3, -0.25) is 0 Å². The summed E-state index contributed by atoms with van der Waals surface area (Å²) in [7, 11) is 0. The molecule has 0 spiro atoms. The lowest BCUT2D eigenvalue weighted by atomic mass is 9.99. The van der Waals surface area contributed by atoms with Crippen molar-refractivity contribution in [1.29, 1.82) is 0 Å². The fraction of sp³-hybridized carbons (Fsp3) is 0.0769. The van der Waals surface area contributed by atoms with Crippen LogP contribution in [0.2, 0.25) is 0 Å². The molecule has 0 fully saturated rings. The molecule has 1 nitrogen and oxygen atoms in total. The van der Waals surface area contributed by atoms with Gasteiger partial charge in [0.1, 0.15) is 17.5 Å². The van der Waals surface area contributed by atoms with E-state index in [1.54, 1.807) is 6.07 Å². The van der Waals surface area contributed by atoms with Gasteiger partial charge in [0.05, 0.1) is 6.04 Å². The van der Waals surface area contributed by atoms with Crippen molar-refractivity contribution in [3.8, 4) is 0 Å². The van der Waals surface area contributed by atoms with E-state index >= 15 is 0 Å². The van der Waals surface area contributed by atoms with E-state index in [4.69, 9.17) is 5.73 Å². The molecule has 0 radical (unpaired) electrons. The Morgan fingerprint density at radius 1 is 0.944 bits per heavy atom. The first-order valence-corrected chi connectivity index (χ1v) is 5.93. The number of benzene rings is 2. The lowest BCUT2D eigenvalue weighted by molar-refractivity contribution is 0.575. The van der Waals surface area contributed by atoms with E-state index in [9.17, 15) is 13.2 Å². The van der Waals surface area contributed by atoms with E-state index in [0.29, 0.717) is 10.0 Å². The standard InChI is InChI=1S/C13H9BrF3N/c14-8-3-7(4-10(16)5-8)13(18)11-6-9(15)1-2-12(11)17/h1-6,13H,18H2. The Kier molecular flexibility index (Phi) is 3.73. The Labute approximate surface area is 111 Å². The molecule has 0 amide bonds. The minimum Gasteiger partial charge on any atom is -0.320 e. The molecule has 2 rings (SSSR count). The van der Waals surface area contributed by atoms with Gasteiger partial charge < -0.3 is 5.73 Å². The van der Waals surface area contributed by atoms with Crippen LogP contribution in [-0.2, 0) is 0 Å². The topological polar surface area (TPSA) is 26.0 Å². The molecule has 2 aromatic rings. The van der Waals surface area contributed by atoms with Crippen LogP contribution >= 0.6 is 15.9 Å². The SMILES string of the molecule is NC(c1cc(F)cc(Br)c1)c1cc(F)ccc1F. The highest BCUT2D eigenvalue weighted by molar-refractivity contribution is 9.10. The van der Waals surface area contributed by atoms with Gasteiger partial charge in [-0.05, 0) is 42.0 Å². The minimum atomic E-state index is -0.923. The monoisotopic (exact) mass is 315 g/mol. The maximum atomic E-state index is 13.6. The number of hydrogen-bond acceptors (Lipinski definition) is 1. The van der Waals surface area contributed by atoms with Crippen LogP contribution in [0, 0.1) is 17.5 Å². The summed E-state index contributed by atoms with van der Waals surface area (Å²) in [6, 6.07) is 6.12. The Morgan fingerprint density at radius 2 is 1.67 bits per heavy atom. The van der Waals surface area contributed by atoms with Crippen molar-refractivity contribution in [2.75, 3.05) is 0 Å². The highest BCUT2D eigenvalue weighted by atomic mass is 79.9. The molecule has 0 aliphatic heterocycles. The summed E-state index contributed by atoms with van der Waals surface area (Å²) in [5.74, 6) is -1.70. The van der Waals surface area contributed by atoms with Gasteiger partial charge in [-0.1, -0.05) is 15.9 Å². The summed E-state index contributed by atoms with van der Waals surface area (Å²) < 4.78 is 40.4. The summed E-state index contributed by atoms with van der Waals surface area (Å²) in [5, 5.41) is 0. The molecular weight excluding hydrogens is 307 g/mol.